The molecule has 5 nitrogen and oxygen atoms in total. The van der Waals surface area contributed by atoms with E-state index >= 15 is 0 Å². The Bertz CT molecular complexity index is 499. The van der Waals surface area contributed by atoms with Crippen molar-refractivity contribution in [3.05, 3.63) is 35.4 Å². The molecular weight excluding hydrogens is 268 g/mol. The van der Waals surface area contributed by atoms with Crippen LogP contribution in [0.4, 0.5) is 0 Å². The summed E-state index contributed by atoms with van der Waals surface area (Å²) in [6, 6.07) is 6.29. The minimum absolute atomic E-state index is 0.159. The van der Waals surface area contributed by atoms with E-state index in [2.05, 4.69) is 5.32 Å². The Morgan fingerprint density at radius 1 is 1.10 bits per heavy atom. The molecular formula is C16H22N2O3. The number of aliphatic hydroxyl groups is 1. The van der Waals surface area contributed by atoms with E-state index < -0.39 is 5.91 Å². The van der Waals surface area contributed by atoms with Gasteiger partial charge >= 0.3 is 0 Å². The maximum atomic E-state index is 12.1. The molecule has 21 heavy (non-hydrogen) atoms. The van der Waals surface area contributed by atoms with E-state index in [1.807, 2.05) is 0 Å². The number of primary amides is 1. The molecule has 1 aliphatic rings. The third-order valence-electron chi connectivity index (χ3n) is 4.26. The van der Waals surface area contributed by atoms with Crippen LogP contribution >= 0.6 is 0 Å². The number of carbonyl (C=O) groups excluding carboxylic acids is 2. The van der Waals surface area contributed by atoms with Crippen molar-refractivity contribution < 1.29 is 14.7 Å². The van der Waals surface area contributed by atoms with Crippen molar-refractivity contribution >= 4 is 11.8 Å². The molecule has 1 aliphatic carbocycles. The third kappa shape index (κ3) is 4.04. The molecule has 2 unspecified atom stereocenters. The molecule has 0 aliphatic heterocycles. The van der Waals surface area contributed by atoms with Crippen LogP contribution in [0, 0.1) is 11.8 Å². The molecule has 0 heterocycles. The quantitative estimate of drug-likeness (QED) is 0.763. The zero-order valence-electron chi connectivity index (χ0n) is 12.0. The Morgan fingerprint density at radius 2 is 1.67 bits per heavy atom. The molecule has 1 fully saturated rings. The molecule has 0 bridgehead atoms. The zero-order valence-corrected chi connectivity index (χ0v) is 12.0. The highest BCUT2D eigenvalue weighted by Crippen LogP contribution is 2.29. The molecule has 2 rings (SSSR count). The maximum absolute atomic E-state index is 12.1. The van der Waals surface area contributed by atoms with Gasteiger partial charge in [0.25, 0.3) is 5.91 Å². The largest absolute Gasteiger partial charge is 0.396 e. The maximum Gasteiger partial charge on any atom is 0.251 e. The fraction of sp³-hybridized carbons (Fsp3) is 0.500. The number of nitrogens with one attached hydrogen (secondary N) is 1. The smallest absolute Gasteiger partial charge is 0.251 e. The summed E-state index contributed by atoms with van der Waals surface area (Å²) in [7, 11) is 0. The molecule has 4 N–H and O–H groups in total. The van der Waals surface area contributed by atoms with Crippen molar-refractivity contribution in [3.8, 4) is 0 Å². The number of carbonyl (C=O) groups is 2. The van der Waals surface area contributed by atoms with E-state index in [-0.39, 0.29) is 18.4 Å². The lowest BCUT2D eigenvalue weighted by atomic mass is 9.79. The lowest BCUT2D eigenvalue weighted by molar-refractivity contribution is 0.0908. The van der Waals surface area contributed by atoms with Crippen LogP contribution in [0.2, 0.25) is 0 Å². The van der Waals surface area contributed by atoms with Gasteiger partial charge in [0.2, 0.25) is 5.91 Å². The van der Waals surface area contributed by atoms with Crippen molar-refractivity contribution in [2.75, 3.05) is 13.2 Å². The molecule has 1 aromatic carbocycles. The summed E-state index contributed by atoms with van der Waals surface area (Å²) >= 11 is 0. The first kappa shape index (κ1) is 15.5. The SMILES string of the molecule is NC(=O)c1ccc(C(=O)NCC2CCCCC2CO)cc1. The molecule has 1 saturated carbocycles. The lowest BCUT2D eigenvalue weighted by Crippen LogP contribution is -2.35. The van der Waals surface area contributed by atoms with Crippen molar-refractivity contribution in [1.82, 2.24) is 5.32 Å². The second-order valence-corrected chi connectivity index (χ2v) is 5.64. The average Bonchev–Trinajstić information content (AvgIpc) is 2.52. The zero-order chi connectivity index (χ0) is 15.2. The first-order chi connectivity index (χ1) is 10.1. The second-order valence-electron chi connectivity index (χ2n) is 5.64. The molecule has 1 aromatic rings. The number of hydrogen-bond acceptors (Lipinski definition) is 3. The molecule has 0 spiro atoms. The summed E-state index contributed by atoms with van der Waals surface area (Å²) in [4.78, 5) is 23.1. The van der Waals surface area contributed by atoms with Crippen LogP contribution in [0.25, 0.3) is 0 Å². The van der Waals surface area contributed by atoms with Gasteiger partial charge in [0.05, 0.1) is 0 Å². The first-order valence-electron chi connectivity index (χ1n) is 7.40. The van der Waals surface area contributed by atoms with Gasteiger partial charge in [-0.3, -0.25) is 9.59 Å². The predicted octanol–water partition coefficient (Wildman–Crippen LogP) is 1.31. The normalized spacial score (nSPS) is 21.8. The van der Waals surface area contributed by atoms with Crippen LogP contribution in [0.3, 0.4) is 0 Å². The molecule has 2 atom stereocenters. The lowest BCUT2D eigenvalue weighted by Gasteiger charge is -2.30. The van der Waals surface area contributed by atoms with Crippen LogP contribution in [0.1, 0.15) is 46.4 Å². The number of amides is 2. The summed E-state index contributed by atoms with van der Waals surface area (Å²) < 4.78 is 0. The summed E-state index contributed by atoms with van der Waals surface area (Å²) in [6.45, 7) is 0.773. The second kappa shape index (κ2) is 7.22. The minimum atomic E-state index is -0.505. The Balaban J connectivity index is 1.90. The van der Waals surface area contributed by atoms with Gasteiger partial charge in [0.1, 0.15) is 0 Å². The number of benzene rings is 1. The first-order valence-corrected chi connectivity index (χ1v) is 7.40. The summed E-state index contributed by atoms with van der Waals surface area (Å²) in [5.74, 6) is -0.0304. The number of nitrogens with two attached hydrogens (primary N) is 1. The van der Waals surface area contributed by atoms with E-state index in [0.29, 0.717) is 23.6 Å². The number of rotatable bonds is 5. The topological polar surface area (TPSA) is 92.4 Å². The highest BCUT2D eigenvalue weighted by atomic mass is 16.3. The number of hydrogen-bond donors (Lipinski definition) is 3. The fourth-order valence-electron chi connectivity index (χ4n) is 2.91. The summed E-state index contributed by atoms with van der Waals surface area (Å²) in [5, 5.41) is 12.3. The highest BCUT2D eigenvalue weighted by molar-refractivity contribution is 5.97. The van der Waals surface area contributed by atoms with Gasteiger partial charge in [-0.1, -0.05) is 12.8 Å². The van der Waals surface area contributed by atoms with Gasteiger partial charge in [-0.05, 0) is 48.9 Å². The van der Waals surface area contributed by atoms with Crippen LogP contribution in [-0.2, 0) is 0 Å². The van der Waals surface area contributed by atoms with Crippen LogP contribution in [-0.4, -0.2) is 30.1 Å². The monoisotopic (exact) mass is 290 g/mol. The van der Waals surface area contributed by atoms with Gasteiger partial charge in [0.15, 0.2) is 0 Å². The number of aliphatic hydroxyl groups excluding tert-OH is 1. The van der Waals surface area contributed by atoms with Crippen molar-refractivity contribution in [1.29, 1.82) is 0 Å². The Hall–Kier alpha value is -1.88. The molecule has 0 aromatic heterocycles. The summed E-state index contributed by atoms with van der Waals surface area (Å²) in [6.07, 6.45) is 4.39. The van der Waals surface area contributed by atoms with Gasteiger partial charge in [-0.25, -0.2) is 0 Å². The Morgan fingerprint density at radius 3 is 2.24 bits per heavy atom. The summed E-state index contributed by atoms with van der Waals surface area (Å²) in [5.41, 5.74) is 6.06. The van der Waals surface area contributed by atoms with Crippen molar-refractivity contribution in [2.45, 2.75) is 25.7 Å². The van der Waals surface area contributed by atoms with Gasteiger partial charge < -0.3 is 16.2 Å². The standard InChI is InChI=1S/C16H22N2O3/c17-15(20)11-5-7-12(8-6-11)16(21)18-9-13-3-1-2-4-14(13)10-19/h5-8,13-14,19H,1-4,9-10H2,(H2,17,20)(H,18,21). The molecule has 0 saturated heterocycles. The van der Waals surface area contributed by atoms with Crippen LogP contribution in [0.15, 0.2) is 24.3 Å². The van der Waals surface area contributed by atoms with Gasteiger partial charge in [-0.2, -0.15) is 0 Å². The molecule has 114 valence electrons. The molecule has 5 heteroatoms. The molecule has 0 radical (unpaired) electrons. The van der Waals surface area contributed by atoms with Crippen LogP contribution in [0.5, 0.6) is 0 Å². The van der Waals surface area contributed by atoms with E-state index in [9.17, 15) is 14.7 Å². The van der Waals surface area contributed by atoms with Crippen molar-refractivity contribution in [2.24, 2.45) is 17.6 Å². The Kier molecular flexibility index (Phi) is 5.33. The van der Waals surface area contributed by atoms with E-state index in [0.717, 1.165) is 25.7 Å². The van der Waals surface area contributed by atoms with E-state index in [1.54, 1.807) is 24.3 Å². The third-order valence-corrected chi connectivity index (χ3v) is 4.26. The highest BCUT2D eigenvalue weighted by Gasteiger charge is 2.24. The minimum Gasteiger partial charge on any atom is -0.396 e. The molecule has 2 amide bonds. The predicted molar refractivity (Wildman–Crippen MR) is 79.8 cm³/mol. The van der Waals surface area contributed by atoms with E-state index in [4.69, 9.17) is 5.73 Å². The van der Waals surface area contributed by atoms with Crippen LogP contribution < -0.4 is 11.1 Å². The van der Waals surface area contributed by atoms with Crippen molar-refractivity contribution in [3.63, 3.8) is 0 Å². The van der Waals surface area contributed by atoms with E-state index in [1.165, 1.54) is 0 Å². The average molecular weight is 290 g/mol. The van der Waals surface area contributed by atoms with Gasteiger partial charge in [0, 0.05) is 24.3 Å². The fourth-order valence-corrected chi connectivity index (χ4v) is 2.91. The van der Waals surface area contributed by atoms with Gasteiger partial charge in [-0.15, -0.1) is 0 Å². The Labute approximate surface area is 124 Å².